The number of aliphatic hydroxyl groups excluding tert-OH is 2. The largest absolute Gasteiger partial charge is 0.393 e. The van der Waals surface area contributed by atoms with Crippen LogP contribution >= 0.6 is 0 Å². The summed E-state index contributed by atoms with van der Waals surface area (Å²) >= 11 is 0. The van der Waals surface area contributed by atoms with E-state index < -0.39 is 12.2 Å². The van der Waals surface area contributed by atoms with E-state index in [0.29, 0.717) is 13.0 Å². The van der Waals surface area contributed by atoms with Gasteiger partial charge in [0.15, 0.2) is 0 Å². The lowest BCUT2D eigenvalue weighted by molar-refractivity contribution is -0.893. The highest BCUT2D eigenvalue weighted by Gasteiger charge is 2.21. The second-order valence-corrected chi connectivity index (χ2v) is 7.57. The Morgan fingerprint density at radius 1 is 0.818 bits per heavy atom. The van der Waals surface area contributed by atoms with Crippen LogP contribution in [0.5, 0.6) is 0 Å². The molecule has 0 spiro atoms. The molecule has 22 heavy (non-hydrogen) atoms. The lowest BCUT2D eigenvalue weighted by atomic mass is 10.1. The van der Waals surface area contributed by atoms with E-state index in [1.807, 2.05) is 0 Å². The van der Waals surface area contributed by atoms with Gasteiger partial charge in [-0.3, -0.25) is 0 Å². The first kappa shape index (κ1) is 21.9. The molecule has 0 amide bonds. The van der Waals surface area contributed by atoms with Crippen LogP contribution in [0, 0.1) is 6.92 Å². The second kappa shape index (κ2) is 13.3. The number of hydrogen-bond acceptors (Lipinski definition) is 2. The molecule has 0 aromatic carbocycles. The summed E-state index contributed by atoms with van der Waals surface area (Å²) in [6.45, 7) is 7.58. The summed E-state index contributed by atoms with van der Waals surface area (Å²) in [6, 6.07) is 0. The van der Waals surface area contributed by atoms with Crippen LogP contribution in [0.4, 0.5) is 0 Å². The Kier molecular flexibility index (Phi) is 13.3. The summed E-state index contributed by atoms with van der Waals surface area (Å²) in [5, 5.41) is 19.1. The van der Waals surface area contributed by atoms with Gasteiger partial charge >= 0.3 is 0 Å². The standard InChI is InChI=1S/C19H41NO2/c1-5-6-7-8-9-10-11-12-13-14-15-20(3,4)17-19(22)16-18(2)21/h18-19,21-22H,2,5-17H2,1,3-4H3/q+1. The van der Waals surface area contributed by atoms with Crippen LogP contribution < -0.4 is 0 Å². The van der Waals surface area contributed by atoms with E-state index in [-0.39, 0.29) is 0 Å². The maximum atomic E-state index is 9.90. The normalized spacial score (nSPS) is 15.0. The first-order valence-corrected chi connectivity index (χ1v) is 9.38. The number of nitrogens with zero attached hydrogens (tertiary/aromatic N) is 1. The molecule has 0 aromatic rings. The molecule has 0 aromatic heterocycles. The molecule has 2 unspecified atom stereocenters. The minimum atomic E-state index is -0.660. The van der Waals surface area contributed by atoms with Crippen molar-refractivity contribution in [3.8, 4) is 0 Å². The highest BCUT2D eigenvalue weighted by molar-refractivity contribution is 4.64. The first-order chi connectivity index (χ1) is 10.4. The van der Waals surface area contributed by atoms with Gasteiger partial charge in [0.2, 0.25) is 0 Å². The van der Waals surface area contributed by atoms with E-state index in [2.05, 4.69) is 27.9 Å². The molecule has 0 bridgehead atoms. The van der Waals surface area contributed by atoms with Crippen LogP contribution in [0.1, 0.15) is 77.6 Å². The van der Waals surface area contributed by atoms with E-state index in [9.17, 15) is 10.2 Å². The highest BCUT2D eigenvalue weighted by Crippen LogP contribution is 2.12. The van der Waals surface area contributed by atoms with Gasteiger partial charge in [0.25, 0.3) is 0 Å². The first-order valence-electron chi connectivity index (χ1n) is 9.38. The summed E-state index contributed by atoms with van der Waals surface area (Å²) in [5.74, 6) is 0. The fourth-order valence-corrected chi connectivity index (χ4v) is 3.08. The smallest absolute Gasteiger partial charge is 0.105 e. The van der Waals surface area contributed by atoms with Crippen molar-refractivity contribution in [3.05, 3.63) is 6.92 Å². The third-order valence-corrected chi connectivity index (χ3v) is 4.37. The predicted octanol–water partition coefficient (Wildman–Crippen LogP) is 3.93. The molecule has 0 rings (SSSR count). The fourth-order valence-electron chi connectivity index (χ4n) is 3.08. The zero-order valence-corrected chi connectivity index (χ0v) is 15.4. The van der Waals surface area contributed by atoms with Crippen molar-refractivity contribution < 1.29 is 14.7 Å². The van der Waals surface area contributed by atoms with Gasteiger partial charge in [-0.25, -0.2) is 0 Å². The Labute approximate surface area is 139 Å². The molecule has 0 aliphatic heterocycles. The van der Waals surface area contributed by atoms with Crippen molar-refractivity contribution in [1.82, 2.24) is 0 Å². The number of quaternary nitrogens is 1. The van der Waals surface area contributed by atoms with E-state index >= 15 is 0 Å². The quantitative estimate of drug-likeness (QED) is 0.355. The highest BCUT2D eigenvalue weighted by atomic mass is 16.3. The lowest BCUT2D eigenvalue weighted by Gasteiger charge is -2.32. The van der Waals surface area contributed by atoms with Gasteiger partial charge in [0, 0.05) is 6.42 Å². The van der Waals surface area contributed by atoms with Crippen molar-refractivity contribution >= 4 is 0 Å². The minimum Gasteiger partial charge on any atom is -0.393 e. The molecule has 3 heteroatoms. The van der Waals surface area contributed by atoms with Crippen molar-refractivity contribution in [1.29, 1.82) is 0 Å². The van der Waals surface area contributed by atoms with Gasteiger partial charge in [-0.15, -0.1) is 0 Å². The zero-order chi connectivity index (χ0) is 16.8. The topological polar surface area (TPSA) is 40.5 Å². The molecule has 133 valence electrons. The Morgan fingerprint density at radius 3 is 1.73 bits per heavy atom. The van der Waals surface area contributed by atoms with Crippen LogP contribution in [0.25, 0.3) is 0 Å². The van der Waals surface area contributed by atoms with Crippen molar-refractivity contribution in [3.63, 3.8) is 0 Å². The Bertz CT molecular complexity index is 242. The van der Waals surface area contributed by atoms with Crippen LogP contribution in [0.15, 0.2) is 0 Å². The van der Waals surface area contributed by atoms with Crippen molar-refractivity contribution in [2.75, 3.05) is 27.2 Å². The third kappa shape index (κ3) is 14.8. The molecular weight excluding hydrogens is 274 g/mol. The van der Waals surface area contributed by atoms with Crippen LogP contribution in [0.2, 0.25) is 0 Å². The summed E-state index contributed by atoms with van der Waals surface area (Å²) in [5.41, 5.74) is 0. The zero-order valence-electron chi connectivity index (χ0n) is 15.4. The average Bonchev–Trinajstić information content (AvgIpc) is 2.39. The third-order valence-electron chi connectivity index (χ3n) is 4.37. The van der Waals surface area contributed by atoms with E-state index in [1.54, 1.807) is 0 Å². The molecule has 0 aliphatic carbocycles. The van der Waals surface area contributed by atoms with Crippen LogP contribution in [-0.4, -0.2) is 54.1 Å². The molecule has 0 saturated carbocycles. The van der Waals surface area contributed by atoms with Gasteiger partial charge in [0.05, 0.1) is 26.7 Å². The number of unbranched alkanes of at least 4 members (excludes halogenated alkanes) is 9. The van der Waals surface area contributed by atoms with Gasteiger partial charge in [-0.05, 0) is 19.8 Å². The predicted molar refractivity (Wildman–Crippen MR) is 95.7 cm³/mol. The van der Waals surface area contributed by atoms with E-state index in [1.165, 1.54) is 64.2 Å². The Hall–Kier alpha value is -0.120. The Morgan fingerprint density at radius 2 is 1.27 bits per heavy atom. The molecule has 2 atom stereocenters. The molecule has 2 N–H and O–H groups in total. The maximum Gasteiger partial charge on any atom is 0.105 e. The van der Waals surface area contributed by atoms with E-state index in [0.717, 1.165) is 11.0 Å². The summed E-state index contributed by atoms with van der Waals surface area (Å²) < 4.78 is 0.824. The van der Waals surface area contributed by atoms with Crippen molar-refractivity contribution in [2.45, 2.75) is 89.8 Å². The Balaban J connectivity index is 3.48. The van der Waals surface area contributed by atoms with Gasteiger partial charge in [-0.1, -0.05) is 58.3 Å². The molecule has 0 saturated heterocycles. The second-order valence-electron chi connectivity index (χ2n) is 7.57. The maximum absolute atomic E-state index is 9.90. The molecule has 0 fully saturated rings. The van der Waals surface area contributed by atoms with Gasteiger partial charge < -0.3 is 14.7 Å². The molecule has 0 aliphatic rings. The fraction of sp³-hybridized carbons (Fsp3) is 0.947. The van der Waals surface area contributed by atoms with Crippen LogP contribution in [0.3, 0.4) is 0 Å². The summed E-state index contributed by atoms with van der Waals surface area (Å²) in [7, 11) is 4.32. The van der Waals surface area contributed by atoms with Gasteiger partial charge in [-0.2, -0.15) is 0 Å². The summed E-state index contributed by atoms with van der Waals surface area (Å²) in [4.78, 5) is 0. The molecule has 0 heterocycles. The van der Waals surface area contributed by atoms with E-state index in [4.69, 9.17) is 0 Å². The molecule has 3 nitrogen and oxygen atoms in total. The van der Waals surface area contributed by atoms with Crippen molar-refractivity contribution in [2.24, 2.45) is 0 Å². The van der Waals surface area contributed by atoms with Gasteiger partial charge in [0.1, 0.15) is 12.6 Å². The number of rotatable bonds is 15. The molecular formula is C19H41NO2+. The number of aliphatic hydroxyl groups is 2. The average molecular weight is 316 g/mol. The number of hydrogen-bond donors (Lipinski definition) is 2. The molecule has 1 radical (unpaired) electrons. The minimum absolute atomic E-state index is 0.375. The summed E-state index contributed by atoms with van der Waals surface area (Å²) in [6.07, 6.45) is 12.8. The SMILES string of the molecule is [CH2]C(O)CC(O)C[N+](C)(C)CCCCCCCCCCCC. The monoisotopic (exact) mass is 315 g/mol. The van der Waals surface area contributed by atoms with Crippen LogP contribution in [-0.2, 0) is 0 Å². The number of likely N-dealkylation sites (N-methyl/N-ethyl adjacent to an activating group) is 1. The lowest BCUT2D eigenvalue weighted by Crippen LogP contribution is -2.46.